The summed E-state index contributed by atoms with van der Waals surface area (Å²) in [7, 11) is 0. The largest absolute Gasteiger partial charge is 0.350 e. The van der Waals surface area contributed by atoms with Gasteiger partial charge >= 0.3 is 0 Å². The smallest absolute Gasteiger partial charge is 0.262 e. The van der Waals surface area contributed by atoms with Gasteiger partial charge in [-0.25, -0.2) is 0 Å². The minimum Gasteiger partial charge on any atom is -0.350 e. The average molecular weight is 393 g/mol. The quantitative estimate of drug-likeness (QED) is 0.813. The van der Waals surface area contributed by atoms with Crippen molar-refractivity contribution in [2.75, 3.05) is 6.54 Å². The highest BCUT2D eigenvalue weighted by atomic mass is 79.9. The first-order valence-electron chi connectivity index (χ1n) is 6.93. The number of amides is 3. The van der Waals surface area contributed by atoms with E-state index in [4.69, 9.17) is 0 Å². The summed E-state index contributed by atoms with van der Waals surface area (Å²) in [5.74, 6) is -1.22. The molecule has 1 aromatic heterocycles. The van der Waals surface area contributed by atoms with Gasteiger partial charge in [-0.1, -0.05) is 15.9 Å². The second-order valence-electron chi connectivity index (χ2n) is 5.19. The molecule has 1 aliphatic rings. The van der Waals surface area contributed by atoms with E-state index in [0.717, 1.165) is 19.8 Å². The molecule has 1 aromatic carbocycles. The molecule has 0 aliphatic carbocycles. The fraction of sp³-hybridized carbons (Fsp3) is 0.188. The third-order valence-electron chi connectivity index (χ3n) is 3.65. The summed E-state index contributed by atoms with van der Waals surface area (Å²) in [5.41, 5.74) is 1.77. The van der Waals surface area contributed by atoms with Crippen LogP contribution in [-0.2, 0) is 11.3 Å². The van der Waals surface area contributed by atoms with Crippen molar-refractivity contribution in [2.45, 2.75) is 13.5 Å². The Balaban J connectivity index is 1.67. The Morgan fingerprint density at radius 3 is 2.65 bits per heavy atom. The first-order valence-corrected chi connectivity index (χ1v) is 8.60. The number of imide groups is 1. The van der Waals surface area contributed by atoms with E-state index in [1.54, 1.807) is 29.5 Å². The summed E-state index contributed by atoms with van der Waals surface area (Å²) >= 11 is 4.84. The number of carbonyl (C=O) groups excluding carboxylic acids is 3. The first kappa shape index (κ1) is 15.9. The Morgan fingerprint density at radius 1 is 1.22 bits per heavy atom. The van der Waals surface area contributed by atoms with Gasteiger partial charge in [0.15, 0.2) is 0 Å². The maximum Gasteiger partial charge on any atom is 0.262 e. The number of benzene rings is 1. The van der Waals surface area contributed by atoms with Crippen LogP contribution in [0, 0.1) is 6.92 Å². The lowest BCUT2D eigenvalue weighted by atomic mass is 10.1. The molecule has 0 bridgehead atoms. The van der Waals surface area contributed by atoms with Crippen LogP contribution in [-0.4, -0.2) is 29.2 Å². The van der Waals surface area contributed by atoms with Crippen LogP contribution < -0.4 is 5.32 Å². The number of aryl methyl sites for hydroxylation is 1. The Hall–Kier alpha value is -1.99. The molecule has 3 rings (SSSR count). The number of nitrogens with one attached hydrogen (secondary N) is 1. The molecule has 0 radical (unpaired) electrons. The zero-order chi connectivity index (χ0) is 16.6. The van der Waals surface area contributed by atoms with Gasteiger partial charge in [-0.15, -0.1) is 11.3 Å². The van der Waals surface area contributed by atoms with Crippen LogP contribution in [0.15, 0.2) is 34.1 Å². The van der Waals surface area contributed by atoms with Crippen molar-refractivity contribution in [2.24, 2.45) is 0 Å². The van der Waals surface area contributed by atoms with Crippen molar-refractivity contribution in [3.8, 4) is 0 Å². The Bertz CT molecular complexity index is 815. The third-order valence-corrected chi connectivity index (χ3v) is 5.16. The van der Waals surface area contributed by atoms with Crippen molar-refractivity contribution in [1.29, 1.82) is 0 Å². The molecule has 1 N–H and O–H groups in total. The molecule has 2 aromatic rings. The first-order chi connectivity index (χ1) is 11.0. The summed E-state index contributed by atoms with van der Waals surface area (Å²) in [5, 5.41) is 4.71. The zero-order valence-electron chi connectivity index (χ0n) is 12.3. The van der Waals surface area contributed by atoms with Crippen molar-refractivity contribution in [1.82, 2.24) is 10.2 Å². The van der Waals surface area contributed by atoms with E-state index in [9.17, 15) is 14.4 Å². The van der Waals surface area contributed by atoms with Gasteiger partial charge in [0.25, 0.3) is 11.8 Å². The summed E-state index contributed by atoms with van der Waals surface area (Å²) in [4.78, 5) is 38.6. The second-order valence-corrected chi connectivity index (χ2v) is 7.11. The number of halogens is 1. The molecular weight excluding hydrogens is 380 g/mol. The maximum absolute atomic E-state index is 12.3. The molecule has 23 heavy (non-hydrogen) atoms. The minimum absolute atomic E-state index is 0.269. The van der Waals surface area contributed by atoms with Crippen molar-refractivity contribution >= 4 is 45.0 Å². The van der Waals surface area contributed by atoms with Crippen LogP contribution in [0.5, 0.6) is 0 Å². The lowest BCUT2D eigenvalue weighted by Gasteiger charge is -2.13. The van der Waals surface area contributed by atoms with Crippen molar-refractivity contribution in [3.63, 3.8) is 0 Å². The molecule has 0 unspecified atom stereocenters. The monoisotopic (exact) mass is 392 g/mol. The maximum atomic E-state index is 12.3. The van der Waals surface area contributed by atoms with E-state index in [-0.39, 0.29) is 12.5 Å². The fourth-order valence-corrected chi connectivity index (χ4v) is 3.58. The Kier molecular flexibility index (Phi) is 4.32. The highest BCUT2D eigenvalue weighted by Gasteiger charge is 2.36. The van der Waals surface area contributed by atoms with Gasteiger partial charge in [-0.2, -0.15) is 0 Å². The van der Waals surface area contributed by atoms with Crippen LogP contribution in [0.1, 0.15) is 31.2 Å². The average Bonchev–Trinajstić information content (AvgIpc) is 3.02. The van der Waals surface area contributed by atoms with Gasteiger partial charge in [0.2, 0.25) is 5.91 Å². The van der Waals surface area contributed by atoms with Crippen LogP contribution >= 0.6 is 27.3 Å². The minimum atomic E-state index is -0.436. The van der Waals surface area contributed by atoms with Gasteiger partial charge < -0.3 is 5.32 Å². The van der Waals surface area contributed by atoms with Crippen molar-refractivity contribution < 1.29 is 14.4 Å². The predicted molar refractivity (Wildman–Crippen MR) is 90.4 cm³/mol. The zero-order valence-corrected chi connectivity index (χ0v) is 14.7. The SMILES string of the molecule is Cc1ccsc1CNC(=O)CN1C(=O)c2ccc(Br)cc2C1=O. The molecule has 7 heteroatoms. The Labute approximate surface area is 145 Å². The number of nitrogens with zero attached hydrogens (tertiary/aromatic N) is 1. The molecule has 3 amide bonds. The third kappa shape index (κ3) is 3.07. The van der Waals surface area contributed by atoms with E-state index >= 15 is 0 Å². The predicted octanol–water partition coefficient (Wildman–Crippen LogP) is 2.73. The molecule has 0 saturated heterocycles. The molecule has 2 heterocycles. The van der Waals surface area contributed by atoms with Gasteiger partial charge in [0.05, 0.1) is 17.7 Å². The van der Waals surface area contributed by atoms with Crippen LogP contribution in [0.3, 0.4) is 0 Å². The van der Waals surface area contributed by atoms with Gasteiger partial charge in [0.1, 0.15) is 6.54 Å². The fourth-order valence-electron chi connectivity index (χ4n) is 2.37. The van der Waals surface area contributed by atoms with Gasteiger partial charge in [-0.05, 0) is 42.1 Å². The lowest BCUT2D eigenvalue weighted by molar-refractivity contribution is -0.121. The van der Waals surface area contributed by atoms with Gasteiger partial charge in [0, 0.05) is 9.35 Å². The van der Waals surface area contributed by atoms with Crippen LogP contribution in [0.4, 0.5) is 0 Å². The van der Waals surface area contributed by atoms with E-state index in [2.05, 4.69) is 21.2 Å². The van der Waals surface area contributed by atoms with Crippen LogP contribution in [0.25, 0.3) is 0 Å². The van der Waals surface area contributed by atoms with Crippen LogP contribution in [0.2, 0.25) is 0 Å². The molecule has 5 nitrogen and oxygen atoms in total. The summed E-state index contributed by atoms with van der Waals surface area (Å²) in [6.45, 7) is 2.10. The molecule has 0 spiro atoms. The lowest BCUT2D eigenvalue weighted by Crippen LogP contribution is -2.40. The number of hydrogen-bond acceptors (Lipinski definition) is 4. The molecule has 0 atom stereocenters. The van der Waals surface area contributed by atoms with E-state index in [1.165, 1.54) is 0 Å². The second kappa shape index (κ2) is 6.25. The summed E-state index contributed by atoms with van der Waals surface area (Å²) < 4.78 is 0.719. The highest BCUT2D eigenvalue weighted by molar-refractivity contribution is 9.10. The normalized spacial score (nSPS) is 13.4. The molecule has 1 aliphatic heterocycles. The highest BCUT2D eigenvalue weighted by Crippen LogP contribution is 2.25. The standard InChI is InChI=1S/C16H13BrN2O3S/c1-9-4-5-23-13(9)7-18-14(20)8-19-15(21)11-3-2-10(17)6-12(11)16(19)22/h2-6H,7-8H2,1H3,(H,18,20). The van der Waals surface area contributed by atoms with E-state index in [1.807, 2.05) is 18.4 Å². The number of thiophene rings is 1. The summed E-state index contributed by atoms with van der Waals surface area (Å²) in [6, 6.07) is 6.87. The molecule has 118 valence electrons. The van der Waals surface area contributed by atoms with Crippen molar-refractivity contribution in [3.05, 3.63) is 55.7 Å². The Morgan fingerprint density at radius 2 is 1.96 bits per heavy atom. The van der Waals surface area contributed by atoms with E-state index in [0.29, 0.717) is 17.7 Å². The van der Waals surface area contributed by atoms with Gasteiger partial charge in [-0.3, -0.25) is 19.3 Å². The molecular formula is C16H13BrN2O3S. The number of rotatable bonds is 4. The van der Waals surface area contributed by atoms with E-state index < -0.39 is 11.8 Å². The number of hydrogen-bond donors (Lipinski definition) is 1. The topological polar surface area (TPSA) is 66.5 Å². The summed E-state index contributed by atoms with van der Waals surface area (Å²) in [6.07, 6.45) is 0. The number of fused-ring (bicyclic) bond motifs is 1. The number of carbonyl (C=O) groups is 3. The molecule has 0 fully saturated rings. The molecule has 0 saturated carbocycles.